The minimum absolute atomic E-state index is 0.730. The average Bonchev–Trinajstić information content (AvgIpc) is 2.80. The third kappa shape index (κ3) is 4.53. The Bertz CT molecular complexity index is 569. The van der Waals surface area contributed by atoms with Crippen molar-refractivity contribution in [3.8, 4) is 0 Å². The van der Waals surface area contributed by atoms with E-state index in [1.165, 1.54) is 0 Å². The highest BCUT2D eigenvalue weighted by Crippen LogP contribution is 2.35. The highest BCUT2D eigenvalue weighted by atomic mass is 16.8. The number of rotatable bonds is 3. The van der Waals surface area contributed by atoms with Crippen LogP contribution in [0.25, 0.3) is 0 Å². The van der Waals surface area contributed by atoms with E-state index in [4.69, 9.17) is 28.4 Å². The molecule has 4 rings (SSSR count). The SMILES string of the molecule is OC[C@H]1O[C@@H]2O[C@@H]3[C@H](O)[C@@H](O[C@@H]4[C@H](O)[C@@H](O[C@H]([C@@H]2O)[C@@H]1O)O[C@H](CO)[C@H]4O)O[C@H](CO)[C@H]3O. The predicted octanol–water partition coefficient (Wildman–Crippen LogP) is -6.53. The van der Waals surface area contributed by atoms with Gasteiger partial charge in [0, 0.05) is 0 Å². The standard InChI is InChI=1S/C18H30O15/c19-1-4-7(22)13-10(25)16(28-4)32-14-8(23)5(2-20)30-18(11(14)26)33-15-9(24)6(3-21)29-17(31-13)12(15)27/h4-27H,1-3H2/t4-,5-,6-,7-,8-,9-,10+,11+,12+,13+,14+,15+,16-,17-,18-/m1/s1. The van der Waals surface area contributed by atoms with Gasteiger partial charge in [-0.1, -0.05) is 0 Å². The van der Waals surface area contributed by atoms with Crippen LogP contribution in [-0.4, -0.2) is 158 Å². The zero-order chi connectivity index (χ0) is 24.0. The van der Waals surface area contributed by atoms with Gasteiger partial charge in [-0.15, -0.1) is 0 Å². The van der Waals surface area contributed by atoms with Crippen LogP contribution in [0.2, 0.25) is 0 Å². The van der Waals surface area contributed by atoms with E-state index in [-0.39, 0.29) is 0 Å². The summed E-state index contributed by atoms with van der Waals surface area (Å²) in [5, 5.41) is 92.7. The molecule has 9 N–H and O–H groups in total. The monoisotopic (exact) mass is 486 g/mol. The van der Waals surface area contributed by atoms with Gasteiger partial charge in [-0.25, -0.2) is 0 Å². The quantitative estimate of drug-likeness (QED) is 0.180. The van der Waals surface area contributed by atoms with Crippen LogP contribution in [-0.2, 0) is 28.4 Å². The number of aliphatic hydroxyl groups is 9. The number of ether oxygens (including phenoxy) is 6. The van der Waals surface area contributed by atoms with Crippen molar-refractivity contribution in [1.82, 2.24) is 0 Å². The first-order valence-corrected chi connectivity index (χ1v) is 10.6. The Labute approximate surface area is 187 Å². The molecule has 0 radical (unpaired) electrons. The van der Waals surface area contributed by atoms with Gasteiger partial charge in [-0.3, -0.25) is 0 Å². The molecule has 0 aromatic carbocycles. The van der Waals surface area contributed by atoms with E-state index in [2.05, 4.69) is 0 Å². The molecule has 192 valence electrons. The van der Waals surface area contributed by atoms with Crippen molar-refractivity contribution in [2.45, 2.75) is 92.1 Å². The van der Waals surface area contributed by atoms with Gasteiger partial charge in [0.25, 0.3) is 0 Å². The lowest BCUT2D eigenvalue weighted by molar-refractivity contribution is -0.407. The van der Waals surface area contributed by atoms with Crippen LogP contribution < -0.4 is 0 Å². The molecule has 4 fully saturated rings. The molecular weight excluding hydrogens is 456 g/mol. The number of hydrogen-bond acceptors (Lipinski definition) is 15. The van der Waals surface area contributed by atoms with Crippen LogP contribution in [0.15, 0.2) is 0 Å². The lowest BCUT2D eigenvalue weighted by Gasteiger charge is -2.51. The number of aliphatic hydroxyl groups excluding tert-OH is 9. The van der Waals surface area contributed by atoms with E-state index in [9.17, 15) is 46.0 Å². The third-order valence-corrected chi connectivity index (χ3v) is 6.34. The van der Waals surface area contributed by atoms with Gasteiger partial charge in [0.05, 0.1) is 19.8 Å². The molecule has 0 aromatic rings. The Hall–Kier alpha value is -0.600. The zero-order valence-corrected chi connectivity index (χ0v) is 17.3. The van der Waals surface area contributed by atoms with Crippen molar-refractivity contribution in [1.29, 1.82) is 0 Å². The Morgan fingerprint density at radius 2 is 0.606 bits per heavy atom. The summed E-state index contributed by atoms with van der Waals surface area (Å²) in [6.07, 6.45) is -23.9. The van der Waals surface area contributed by atoms with Crippen LogP contribution in [0, 0.1) is 0 Å². The van der Waals surface area contributed by atoms with Crippen LogP contribution in [0.5, 0.6) is 0 Å². The summed E-state index contributed by atoms with van der Waals surface area (Å²) in [4.78, 5) is 0. The molecule has 0 unspecified atom stereocenters. The van der Waals surface area contributed by atoms with Crippen molar-refractivity contribution in [2.24, 2.45) is 0 Å². The minimum atomic E-state index is -1.77. The molecule has 15 atom stereocenters. The average molecular weight is 486 g/mol. The fourth-order valence-electron chi connectivity index (χ4n) is 4.44. The second kappa shape index (κ2) is 10.2. The normalized spacial score (nSPS) is 55.4. The molecular formula is C18H30O15. The van der Waals surface area contributed by atoms with Gasteiger partial charge >= 0.3 is 0 Å². The maximum Gasteiger partial charge on any atom is 0.187 e. The molecule has 0 spiro atoms. The summed E-state index contributed by atoms with van der Waals surface area (Å²) < 4.78 is 32.9. The second-order valence-corrected chi connectivity index (χ2v) is 8.42. The Balaban J connectivity index is 1.75. The van der Waals surface area contributed by atoms with E-state index < -0.39 is 112 Å². The predicted molar refractivity (Wildman–Crippen MR) is 97.9 cm³/mol. The van der Waals surface area contributed by atoms with E-state index in [1.807, 2.05) is 0 Å². The third-order valence-electron chi connectivity index (χ3n) is 6.34. The topological polar surface area (TPSA) is 237 Å². The van der Waals surface area contributed by atoms with E-state index in [1.54, 1.807) is 0 Å². The van der Waals surface area contributed by atoms with Crippen LogP contribution in [0.4, 0.5) is 0 Å². The minimum Gasteiger partial charge on any atom is -0.394 e. The molecule has 15 heteroatoms. The summed E-state index contributed by atoms with van der Waals surface area (Å²) in [5.41, 5.74) is 0. The van der Waals surface area contributed by atoms with E-state index in [0.717, 1.165) is 0 Å². The zero-order valence-electron chi connectivity index (χ0n) is 17.3. The largest absolute Gasteiger partial charge is 0.394 e. The lowest BCUT2D eigenvalue weighted by Crippen LogP contribution is -2.69. The molecule has 4 aliphatic heterocycles. The second-order valence-electron chi connectivity index (χ2n) is 8.42. The first-order valence-electron chi connectivity index (χ1n) is 10.6. The molecule has 6 bridgehead atoms. The van der Waals surface area contributed by atoms with E-state index in [0.29, 0.717) is 0 Å². The summed E-state index contributed by atoms with van der Waals surface area (Å²) in [6, 6.07) is 0. The number of hydrogen-bond donors (Lipinski definition) is 9. The Kier molecular flexibility index (Phi) is 7.86. The lowest BCUT2D eigenvalue weighted by atomic mass is 9.94. The molecule has 4 heterocycles. The maximum absolute atomic E-state index is 10.8. The smallest absolute Gasteiger partial charge is 0.187 e. The summed E-state index contributed by atoms with van der Waals surface area (Å²) in [5.74, 6) is 0. The van der Waals surface area contributed by atoms with Crippen LogP contribution >= 0.6 is 0 Å². The molecule has 15 nitrogen and oxygen atoms in total. The van der Waals surface area contributed by atoms with Gasteiger partial charge in [-0.2, -0.15) is 0 Å². The van der Waals surface area contributed by atoms with Crippen molar-refractivity contribution in [3.05, 3.63) is 0 Å². The summed E-state index contributed by atoms with van der Waals surface area (Å²) >= 11 is 0. The van der Waals surface area contributed by atoms with Crippen molar-refractivity contribution < 1.29 is 74.4 Å². The highest BCUT2D eigenvalue weighted by Gasteiger charge is 2.56. The summed E-state index contributed by atoms with van der Waals surface area (Å²) in [6.45, 7) is -2.19. The van der Waals surface area contributed by atoms with Gasteiger partial charge in [-0.05, 0) is 0 Å². The molecule has 0 aromatic heterocycles. The Morgan fingerprint density at radius 3 is 0.818 bits per heavy atom. The Morgan fingerprint density at radius 1 is 0.364 bits per heavy atom. The van der Waals surface area contributed by atoms with Crippen molar-refractivity contribution in [2.75, 3.05) is 19.8 Å². The number of fused-ring (bicyclic) bond motifs is 6. The van der Waals surface area contributed by atoms with Gasteiger partial charge in [0.2, 0.25) is 0 Å². The van der Waals surface area contributed by atoms with Gasteiger partial charge < -0.3 is 74.4 Å². The first-order chi connectivity index (χ1) is 15.7. The fraction of sp³-hybridized carbons (Fsp3) is 1.00. The molecule has 0 saturated carbocycles. The van der Waals surface area contributed by atoms with Crippen LogP contribution in [0.3, 0.4) is 0 Å². The molecule has 4 aliphatic rings. The molecule has 0 aliphatic carbocycles. The maximum atomic E-state index is 10.8. The highest BCUT2D eigenvalue weighted by molar-refractivity contribution is 4.98. The van der Waals surface area contributed by atoms with Crippen LogP contribution in [0.1, 0.15) is 0 Å². The fourth-order valence-corrected chi connectivity index (χ4v) is 4.44. The summed E-state index contributed by atoms with van der Waals surface area (Å²) in [7, 11) is 0. The van der Waals surface area contributed by atoms with Gasteiger partial charge in [0.15, 0.2) is 18.9 Å². The molecule has 33 heavy (non-hydrogen) atoms. The van der Waals surface area contributed by atoms with E-state index >= 15 is 0 Å². The van der Waals surface area contributed by atoms with Crippen molar-refractivity contribution in [3.63, 3.8) is 0 Å². The van der Waals surface area contributed by atoms with Crippen molar-refractivity contribution >= 4 is 0 Å². The first kappa shape index (κ1) is 25.5. The molecule has 4 saturated heterocycles. The van der Waals surface area contributed by atoms with Gasteiger partial charge in [0.1, 0.15) is 73.2 Å². The molecule has 0 amide bonds.